The van der Waals surface area contributed by atoms with E-state index < -0.39 is 0 Å². The number of fused-ring (bicyclic) bond motifs is 2. The van der Waals surface area contributed by atoms with Crippen LogP contribution in [0.4, 0.5) is 0 Å². The van der Waals surface area contributed by atoms with Gasteiger partial charge in [0.15, 0.2) is 10.8 Å². The Balaban J connectivity index is 1.26. The molecule has 0 aliphatic carbocycles. The molecule has 1 aliphatic heterocycles. The molecular weight excluding hydrogens is 346 g/mol. The summed E-state index contributed by atoms with van der Waals surface area (Å²) in [5.41, 5.74) is 1.02. The van der Waals surface area contributed by atoms with E-state index in [2.05, 4.69) is 26.4 Å². The minimum atomic E-state index is 0.389. The van der Waals surface area contributed by atoms with Gasteiger partial charge in [0.2, 0.25) is 0 Å². The molecule has 0 spiro atoms. The first-order valence-corrected chi connectivity index (χ1v) is 9.64. The van der Waals surface area contributed by atoms with E-state index in [9.17, 15) is 0 Å². The number of nitrogens with zero attached hydrogens (tertiary/aromatic N) is 4. The molecule has 0 amide bonds. The van der Waals surface area contributed by atoms with E-state index in [0.29, 0.717) is 12.6 Å². The van der Waals surface area contributed by atoms with Gasteiger partial charge in [0.05, 0.1) is 23.3 Å². The van der Waals surface area contributed by atoms with Gasteiger partial charge in [-0.05, 0) is 37.6 Å². The number of thiazole rings is 1. The molecular formula is C19H19N5OS. The van der Waals surface area contributed by atoms with E-state index in [-0.39, 0.29) is 0 Å². The highest BCUT2D eigenvalue weighted by molar-refractivity contribution is 7.21. The molecule has 0 saturated heterocycles. The molecule has 4 aromatic rings. The molecule has 0 radical (unpaired) electrons. The lowest BCUT2D eigenvalue weighted by atomic mass is 10.1. The molecule has 4 heterocycles. The van der Waals surface area contributed by atoms with Crippen LogP contribution in [0.5, 0.6) is 0 Å². The zero-order valence-electron chi connectivity index (χ0n) is 14.5. The number of benzene rings is 1. The maximum Gasteiger partial charge on any atom is 0.163 e. The predicted octanol–water partition coefficient (Wildman–Crippen LogP) is 3.56. The van der Waals surface area contributed by atoms with Gasteiger partial charge in [-0.2, -0.15) is 5.10 Å². The van der Waals surface area contributed by atoms with Crippen molar-refractivity contribution in [2.24, 2.45) is 0 Å². The van der Waals surface area contributed by atoms with Crippen LogP contribution in [-0.2, 0) is 19.5 Å². The summed E-state index contributed by atoms with van der Waals surface area (Å²) in [5.74, 6) is 3.71. The first-order valence-electron chi connectivity index (χ1n) is 8.83. The van der Waals surface area contributed by atoms with E-state index in [1.165, 1.54) is 4.70 Å². The summed E-state index contributed by atoms with van der Waals surface area (Å²) in [6.07, 6.45) is 2.04. The normalized spacial score (nSPS) is 16.9. The summed E-state index contributed by atoms with van der Waals surface area (Å²) >= 11 is 1.66. The second kappa shape index (κ2) is 6.34. The highest BCUT2D eigenvalue weighted by Gasteiger charge is 2.21. The number of nitrogens with one attached hydrogen (secondary N) is 1. The highest BCUT2D eigenvalue weighted by atomic mass is 32.1. The lowest BCUT2D eigenvalue weighted by Gasteiger charge is -2.23. The molecule has 1 aliphatic rings. The maximum atomic E-state index is 6.01. The predicted molar refractivity (Wildman–Crippen MR) is 101 cm³/mol. The van der Waals surface area contributed by atoms with Crippen molar-refractivity contribution in [3.63, 3.8) is 0 Å². The molecule has 0 bridgehead atoms. The van der Waals surface area contributed by atoms with Crippen LogP contribution >= 0.6 is 11.3 Å². The van der Waals surface area contributed by atoms with Crippen LogP contribution in [0.25, 0.3) is 21.0 Å². The van der Waals surface area contributed by atoms with Crippen molar-refractivity contribution >= 4 is 21.6 Å². The lowest BCUT2D eigenvalue weighted by molar-refractivity contribution is 0.345. The Morgan fingerprint density at radius 1 is 1.23 bits per heavy atom. The van der Waals surface area contributed by atoms with Crippen molar-refractivity contribution < 1.29 is 4.42 Å². The fraction of sp³-hybridized carbons (Fsp3) is 0.316. The molecule has 1 N–H and O–H groups in total. The molecule has 1 unspecified atom stereocenters. The average Bonchev–Trinajstić information content (AvgIpc) is 3.35. The van der Waals surface area contributed by atoms with E-state index in [1.54, 1.807) is 11.3 Å². The molecule has 3 aromatic heterocycles. The van der Waals surface area contributed by atoms with E-state index in [4.69, 9.17) is 4.42 Å². The van der Waals surface area contributed by atoms with Crippen molar-refractivity contribution in [3.05, 3.63) is 53.8 Å². The summed E-state index contributed by atoms with van der Waals surface area (Å²) in [4.78, 5) is 9.12. The standard InChI is InChI=1S/C19H19N5OS/c1-12-21-18-9-6-13(11-24(18)23-12)20-10-14-7-8-16(25-14)19-22-15-4-2-3-5-17(15)26-19/h2-5,7-8,13,20H,6,9-11H2,1H3. The monoisotopic (exact) mass is 365 g/mol. The number of para-hydroxylation sites is 1. The Kier molecular flexibility index (Phi) is 3.83. The van der Waals surface area contributed by atoms with Crippen molar-refractivity contribution in [1.82, 2.24) is 25.1 Å². The fourth-order valence-corrected chi connectivity index (χ4v) is 4.34. The van der Waals surface area contributed by atoms with Gasteiger partial charge in [-0.25, -0.2) is 14.6 Å². The van der Waals surface area contributed by atoms with Crippen LogP contribution in [0.2, 0.25) is 0 Å². The average molecular weight is 365 g/mol. The van der Waals surface area contributed by atoms with Gasteiger partial charge < -0.3 is 9.73 Å². The molecule has 6 nitrogen and oxygen atoms in total. The molecule has 1 aromatic carbocycles. The second-order valence-electron chi connectivity index (χ2n) is 6.63. The summed E-state index contributed by atoms with van der Waals surface area (Å²) in [5, 5.41) is 8.96. The van der Waals surface area contributed by atoms with E-state index >= 15 is 0 Å². The molecule has 0 saturated carbocycles. The molecule has 1 atom stereocenters. The Hall–Kier alpha value is -2.51. The number of hydrogen-bond acceptors (Lipinski definition) is 6. The van der Waals surface area contributed by atoms with Crippen LogP contribution < -0.4 is 5.32 Å². The zero-order chi connectivity index (χ0) is 17.5. The van der Waals surface area contributed by atoms with E-state index in [0.717, 1.165) is 53.1 Å². The molecule has 132 valence electrons. The Morgan fingerprint density at radius 2 is 2.15 bits per heavy atom. The first kappa shape index (κ1) is 15.7. The highest BCUT2D eigenvalue weighted by Crippen LogP contribution is 2.31. The summed E-state index contributed by atoms with van der Waals surface area (Å²) in [7, 11) is 0. The van der Waals surface area contributed by atoms with Gasteiger partial charge in [-0.15, -0.1) is 11.3 Å². The Bertz CT molecular complexity index is 1030. The van der Waals surface area contributed by atoms with Crippen LogP contribution in [0.3, 0.4) is 0 Å². The van der Waals surface area contributed by atoms with Gasteiger partial charge in [-0.3, -0.25) is 0 Å². The SMILES string of the molecule is Cc1nc2n(n1)CC(NCc1ccc(-c3nc4ccccc4s3)o1)CC2. The summed E-state index contributed by atoms with van der Waals surface area (Å²) in [6, 6.07) is 12.6. The summed E-state index contributed by atoms with van der Waals surface area (Å²) < 4.78 is 9.21. The van der Waals surface area contributed by atoms with Gasteiger partial charge in [0.1, 0.15) is 17.4 Å². The summed E-state index contributed by atoms with van der Waals surface area (Å²) in [6.45, 7) is 3.51. The van der Waals surface area contributed by atoms with Gasteiger partial charge in [0.25, 0.3) is 0 Å². The molecule has 26 heavy (non-hydrogen) atoms. The van der Waals surface area contributed by atoms with Crippen LogP contribution in [0.1, 0.15) is 23.8 Å². The number of rotatable bonds is 4. The minimum Gasteiger partial charge on any atom is -0.457 e. The van der Waals surface area contributed by atoms with Gasteiger partial charge >= 0.3 is 0 Å². The topological polar surface area (TPSA) is 68.8 Å². The number of furan rings is 1. The smallest absolute Gasteiger partial charge is 0.163 e. The van der Waals surface area contributed by atoms with Crippen molar-refractivity contribution in [2.75, 3.05) is 0 Å². The van der Waals surface area contributed by atoms with Gasteiger partial charge in [-0.1, -0.05) is 12.1 Å². The fourth-order valence-electron chi connectivity index (χ4n) is 3.41. The third-order valence-corrected chi connectivity index (χ3v) is 5.75. The Morgan fingerprint density at radius 3 is 3.08 bits per heavy atom. The van der Waals surface area contributed by atoms with E-state index in [1.807, 2.05) is 41.9 Å². The molecule has 0 fully saturated rings. The first-order chi connectivity index (χ1) is 12.7. The van der Waals surface area contributed by atoms with Crippen molar-refractivity contribution in [3.8, 4) is 10.8 Å². The van der Waals surface area contributed by atoms with Crippen LogP contribution in [0.15, 0.2) is 40.8 Å². The number of hydrogen-bond donors (Lipinski definition) is 1. The third-order valence-electron chi connectivity index (χ3n) is 4.70. The lowest BCUT2D eigenvalue weighted by Crippen LogP contribution is -2.37. The molecule has 7 heteroatoms. The number of aromatic nitrogens is 4. The van der Waals surface area contributed by atoms with Crippen LogP contribution in [-0.4, -0.2) is 25.8 Å². The quantitative estimate of drug-likeness (QED) is 0.599. The Labute approximate surface area is 154 Å². The largest absolute Gasteiger partial charge is 0.457 e. The number of aryl methyl sites for hydroxylation is 2. The minimum absolute atomic E-state index is 0.389. The maximum absolute atomic E-state index is 6.01. The molecule has 5 rings (SSSR count). The zero-order valence-corrected chi connectivity index (χ0v) is 15.3. The van der Waals surface area contributed by atoms with Crippen molar-refractivity contribution in [1.29, 1.82) is 0 Å². The van der Waals surface area contributed by atoms with Gasteiger partial charge in [0, 0.05) is 12.5 Å². The third kappa shape index (κ3) is 2.93. The van der Waals surface area contributed by atoms with Crippen molar-refractivity contribution in [2.45, 2.75) is 38.9 Å². The second-order valence-corrected chi connectivity index (χ2v) is 7.66. The van der Waals surface area contributed by atoms with Crippen LogP contribution in [0, 0.1) is 6.92 Å².